The molecule has 0 aliphatic carbocycles. The third-order valence-electron chi connectivity index (χ3n) is 9.75. The molecule has 4 heterocycles. The van der Waals surface area contributed by atoms with E-state index in [1.54, 1.807) is 16.4 Å². The smallest absolute Gasteiger partial charge is 0.416 e. The van der Waals surface area contributed by atoms with E-state index in [0.717, 1.165) is 48.8 Å². The molecular weight excluding hydrogens is 751 g/mol. The van der Waals surface area contributed by atoms with Crippen LogP contribution < -0.4 is 20.5 Å². The number of hydrogen-bond acceptors (Lipinski definition) is 9. The quantitative estimate of drug-likeness (QED) is 0.149. The number of carbonyl (C=O) groups is 2. The number of amides is 2. The third kappa shape index (κ3) is 8.20. The van der Waals surface area contributed by atoms with Crippen molar-refractivity contribution < 1.29 is 27.5 Å². The van der Waals surface area contributed by atoms with Gasteiger partial charge in [0.25, 0.3) is 11.5 Å². The van der Waals surface area contributed by atoms with Gasteiger partial charge < -0.3 is 24.4 Å². The van der Waals surface area contributed by atoms with Gasteiger partial charge >= 0.3 is 6.18 Å². The first-order valence-electron chi connectivity index (χ1n) is 18.5. The van der Waals surface area contributed by atoms with Gasteiger partial charge in [-0.25, -0.2) is 9.97 Å². The van der Waals surface area contributed by atoms with Gasteiger partial charge in [0.15, 0.2) is 5.82 Å². The molecule has 56 heavy (non-hydrogen) atoms. The number of halogens is 4. The average molecular weight is 794 g/mol. The summed E-state index contributed by atoms with van der Waals surface area (Å²) < 4.78 is 48.7. The van der Waals surface area contributed by atoms with Crippen LogP contribution in [0.25, 0.3) is 17.2 Å². The van der Waals surface area contributed by atoms with Gasteiger partial charge in [0.1, 0.15) is 30.0 Å². The average Bonchev–Trinajstić information content (AvgIpc) is 3.63. The molecule has 0 saturated carbocycles. The summed E-state index contributed by atoms with van der Waals surface area (Å²) in [6, 6.07) is 8.31. The van der Waals surface area contributed by atoms with E-state index in [9.17, 15) is 27.6 Å². The number of fused-ring (bicyclic) bond motifs is 1. The van der Waals surface area contributed by atoms with E-state index in [0.29, 0.717) is 73.1 Å². The zero-order valence-corrected chi connectivity index (χ0v) is 32.6. The van der Waals surface area contributed by atoms with Crippen molar-refractivity contribution in [1.29, 1.82) is 0 Å². The predicted octanol–water partition coefficient (Wildman–Crippen LogP) is 6.54. The summed E-state index contributed by atoms with van der Waals surface area (Å²) in [7, 11) is 0. The number of hydrogen-bond donors (Lipinski definition) is 1. The molecule has 2 aromatic carbocycles. The van der Waals surface area contributed by atoms with Gasteiger partial charge in [-0.1, -0.05) is 38.8 Å². The standard InChI is InChI=1S/C39H43ClF3N9O4/c1-6-9-25-19-26(10-13-31(25)56-18-7-2)35-47-38-51(21-32(53)46-29-12-11-27(20-28(29)40)39(41,42)43)30(8-3)34(37(55)52(38)48-35)49-14-16-50(17-15-49)36(54)33-23(4)24(5)44-22-45-33/h10-13,19-20,22H,6-9,14-18,21H2,1-5H3,(H,46,53). The highest BCUT2D eigenvalue weighted by Gasteiger charge is 2.32. The van der Waals surface area contributed by atoms with Crippen LogP contribution in [0.5, 0.6) is 5.75 Å². The summed E-state index contributed by atoms with van der Waals surface area (Å²) in [5, 5.41) is 7.00. The largest absolute Gasteiger partial charge is 0.493 e. The Morgan fingerprint density at radius 3 is 2.39 bits per heavy atom. The second-order valence-electron chi connectivity index (χ2n) is 13.6. The maximum Gasteiger partial charge on any atom is 0.416 e. The Labute approximate surface area is 326 Å². The Hall–Kier alpha value is -5.51. The maximum absolute atomic E-state index is 14.5. The van der Waals surface area contributed by atoms with Crippen molar-refractivity contribution in [1.82, 2.24) is 34.0 Å². The number of benzene rings is 2. The molecule has 17 heteroatoms. The summed E-state index contributed by atoms with van der Waals surface area (Å²) in [4.78, 5) is 58.4. The van der Waals surface area contributed by atoms with E-state index in [1.807, 2.05) is 43.9 Å². The number of rotatable bonds is 12. The second-order valence-corrected chi connectivity index (χ2v) is 14.0. The molecule has 5 aromatic rings. The van der Waals surface area contributed by atoms with Crippen LogP contribution in [0, 0.1) is 13.8 Å². The Kier molecular flexibility index (Phi) is 12.0. The van der Waals surface area contributed by atoms with Crippen LogP contribution in [-0.4, -0.2) is 78.6 Å². The van der Waals surface area contributed by atoms with E-state index >= 15 is 0 Å². The summed E-state index contributed by atoms with van der Waals surface area (Å²) in [5.41, 5.74) is 2.73. The highest BCUT2D eigenvalue weighted by atomic mass is 35.5. The lowest BCUT2D eigenvalue weighted by atomic mass is 10.1. The molecule has 3 aromatic heterocycles. The molecule has 0 unspecified atom stereocenters. The van der Waals surface area contributed by atoms with Crippen molar-refractivity contribution in [2.75, 3.05) is 43.0 Å². The molecule has 1 saturated heterocycles. The third-order valence-corrected chi connectivity index (χ3v) is 10.1. The zero-order chi connectivity index (χ0) is 40.3. The Balaban J connectivity index is 1.40. The Morgan fingerprint density at radius 1 is 0.982 bits per heavy atom. The highest BCUT2D eigenvalue weighted by Crippen LogP contribution is 2.34. The predicted molar refractivity (Wildman–Crippen MR) is 207 cm³/mol. The van der Waals surface area contributed by atoms with Crippen molar-refractivity contribution in [2.24, 2.45) is 0 Å². The van der Waals surface area contributed by atoms with Crippen LogP contribution >= 0.6 is 11.6 Å². The van der Waals surface area contributed by atoms with E-state index in [2.05, 4.69) is 27.3 Å². The minimum absolute atomic E-state index is 0.00842. The molecule has 1 aliphatic rings. The molecule has 6 rings (SSSR count). The van der Waals surface area contributed by atoms with Crippen LogP contribution in [0.3, 0.4) is 0 Å². The minimum Gasteiger partial charge on any atom is -0.493 e. The van der Waals surface area contributed by atoms with E-state index in [-0.39, 0.29) is 34.8 Å². The van der Waals surface area contributed by atoms with E-state index in [4.69, 9.17) is 21.3 Å². The van der Waals surface area contributed by atoms with Crippen molar-refractivity contribution >= 4 is 40.6 Å². The first kappa shape index (κ1) is 40.2. The number of carbonyl (C=O) groups excluding carboxylic acids is 2. The van der Waals surface area contributed by atoms with Crippen molar-refractivity contribution in [3.8, 4) is 17.1 Å². The fourth-order valence-electron chi connectivity index (χ4n) is 6.75. The normalized spacial score (nSPS) is 13.4. The number of anilines is 2. The molecule has 1 N–H and O–H groups in total. The Morgan fingerprint density at radius 2 is 1.73 bits per heavy atom. The van der Waals surface area contributed by atoms with Gasteiger partial charge in [-0.05, 0) is 75.1 Å². The van der Waals surface area contributed by atoms with E-state index < -0.39 is 23.2 Å². The van der Waals surface area contributed by atoms with Crippen molar-refractivity contribution in [2.45, 2.75) is 73.0 Å². The number of nitrogens with one attached hydrogen (secondary N) is 1. The fourth-order valence-corrected chi connectivity index (χ4v) is 6.98. The topological polar surface area (TPSA) is 140 Å². The van der Waals surface area contributed by atoms with Gasteiger partial charge in [-0.15, -0.1) is 5.10 Å². The number of aryl methyl sites for hydroxylation is 2. The summed E-state index contributed by atoms with van der Waals surface area (Å²) in [6.07, 6.45) is -0.480. The number of nitrogens with zero attached hydrogens (tertiary/aromatic N) is 8. The highest BCUT2D eigenvalue weighted by molar-refractivity contribution is 6.33. The summed E-state index contributed by atoms with van der Waals surface area (Å²) in [5.74, 6) is 0.274. The molecule has 13 nitrogen and oxygen atoms in total. The van der Waals surface area contributed by atoms with Gasteiger partial charge in [-0.3, -0.25) is 14.4 Å². The molecular formula is C39H43ClF3N9O4. The van der Waals surface area contributed by atoms with Gasteiger partial charge in [-0.2, -0.15) is 22.7 Å². The van der Waals surface area contributed by atoms with Crippen LogP contribution in [0.4, 0.5) is 24.5 Å². The molecule has 0 spiro atoms. The molecule has 0 atom stereocenters. The van der Waals surface area contributed by atoms with Crippen LogP contribution in [0.2, 0.25) is 5.02 Å². The molecule has 0 radical (unpaired) electrons. The van der Waals surface area contributed by atoms with Crippen molar-refractivity contribution in [3.05, 3.63) is 91.9 Å². The van der Waals surface area contributed by atoms with Gasteiger partial charge in [0.2, 0.25) is 11.7 Å². The lowest BCUT2D eigenvalue weighted by molar-refractivity contribution is -0.137. The summed E-state index contributed by atoms with van der Waals surface area (Å²) >= 11 is 6.18. The first-order valence-corrected chi connectivity index (χ1v) is 18.9. The number of ether oxygens (including phenoxy) is 1. The first-order chi connectivity index (χ1) is 26.7. The van der Waals surface area contributed by atoms with Gasteiger partial charge in [0.05, 0.1) is 28.6 Å². The molecule has 1 fully saturated rings. The SMILES string of the molecule is CCCOc1ccc(-c2nc3n(CC(=O)Nc4ccc(C(F)(F)F)cc4Cl)c(CC)c(N4CCN(C(=O)c5ncnc(C)c5C)CC4)c(=O)n3n2)cc1CCC. The number of aromatic nitrogens is 6. The monoisotopic (exact) mass is 793 g/mol. The maximum atomic E-state index is 14.5. The lowest BCUT2D eigenvalue weighted by Gasteiger charge is -2.36. The Bertz CT molecular complexity index is 2340. The molecule has 0 bridgehead atoms. The van der Waals surface area contributed by atoms with Gasteiger partial charge in [0, 0.05) is 43.0 Å². The van der Waals surface area contributed by atoms with Crippen LogP contribution in [-0.2, 0) is 30.4 Å². The number of piperazine rings is 1. The second kappa shape index (κ2) is 16.7. The summed E-state index contributed by atoms with van der Waals surface area (Å²) in [6.45, 7) is 10.9. The zero-order valence-electron chi connectivity index (χ0n) is 31.8. The lowest BCUT2D eigenvalue weighted by Crippen LogP contribution is -2.51. The number of alkyl halides is 3. The minimum atomic E-state index is -4.61. The molecule has 296 valence electrons. The fraction of sp³-hybridized carbons (Fsp3) is 0.410. The van der Waals surface area contributed by atoms with Crippen LogP contribution in [0.1, 0.15) is 72.2 Å². The van der Waals surface area contributed by atoms with E-state index in [1.165, 1.54) is 10.8 Å². The molecule has 2 amide bonds. The van der Waals surface area contributed by atoms with Crippen LogP contribution in [0.15, 0.2) is 47.5 Å². The molecule has 1 aliphatic heterocycles. The van der Waals surface area contributed by atoms with Crippen molar-refractivity contribution in [3.63, 3.8) is 0 Å².